The summed E-state index contributed by atoms with van der Waals surface area (Å²) < 4.78 is 11.5. The summed E-state index contributed by atoms with van der Waals surface area (Å²) in [5.74, 6) is 3.24. The van der Waals surface area contributed by atoms with Crippen molar-refractivity contribution in [3.63, 3.8) is 0 Å². The Hall–Kier alpha value is -7.50. The van der Waals surface area contributed by atoms with E-state index in [1.807, 2.05) is 12.4 Å². The van der Waals surface area contributed by atoms with Crippen LogP contribution in [0.15, 0.2) is 195 Å². The highest BCUT2D eigenvalue weighted by atomic mass is 16.5. The Morgan fingerprint density at radius 1 is 0.460 bits per heavy atom. The van der Waals surface area contributed by atoms with Gasteiger partial charge in [0.25, 0.3) is 0 Å². The van der Waals surface area contributed by atoms with Crippen molar-refractivity contribution in [1.29, 1.82) is 0 Å². The second kappa shape index (κ2) is 15.8. The fraction of sp³-hybridized carbons (Fsp3) is 0.138. The lowest BCUT2D eigenvalue weighted by molar-refractivity contribution is 0.456. The topological polar surface area (TPSA) is 44.9 Å². The van der Waals surface area contributed by atoms with Crippen LogP contribution in [0, 0.1) is 0 Å². The zero-order valence-electron chi connectivity index (χ0n) is 36.7. The Balaban J connectivity index is 1.11. The molecule has 0 spiro atoms. The van der Waals surface area contributed by atoms with E-state index in [1.165, 1.54) is 33.4 Å². The van der Waals surface area contributed by atoms with E-state index in [0.717, 1.165) is 67.3 Å². The number of para-hydroxylation sites is 2. The zero-order valence-corrected chi connectivity index (χ0v) is 36.7. The van der Waals surface area contributed by atoms with E-state index in [2.05, 4.69) is 233 Å². The first-order valence-corrected chi connectivity index (χ1v) is 21.7. The normalized spacial score (nSPS) is 12.0. The number of rotatable bonds is 8. The molecule has 63 heavy (non-hydrogen) atoms. The molecule has 5 nitrogen and oxygen atoms in total. The minimum Gasteiger partial charge on any atom is -0.457 e. The Bertz CT molecular complexity index is 3210. The van der Waals surface area contributed by atoms with E-state index in [1.54, 1.807) is 0 Å². The van der Waals surface area contributed by atoms with Gasteiger partial charge < -0.3 is 4.74 Å². The largest absolute Gasteiger partial charge is 0.457 e. The van der Waals surface area contributed by atoms with Crippen molar-refractivity contribution < 1.29 is 4.74 Å². The van der Waals surface area contributed by atoms with E-state index >= 15 is 0 Å². The van der Waals surface area contributed by atoms with Gasteiger partial charge in [-0.15, -0.1) is 0 Å². The van der Waals surface area contributed by atoms with Crippen molar-refractivity contribution in [2.45, 2.75) is 52.4 Å². The summed E-state index contributed by atoms with van der Waals surface area (Å²) in [6.07, 6.45) is 5.87. The van der Waals surface area contributed by atoms with Gasteiger partial charge >= 0.3 is 0 Å². The van der Waals surface area contributed by atoms with Gasteiger partial charge in [0.15, 0.2) is 0 Å². The third-order valence-electron chi connectivity index (χ3n) is 12.0. The van der Waals surface area contributed by atoms with Crippen LogP contribution in [0.4, 0.5) is 0 Å². The molecule has 10 aromatic rings. The van der Waals surface area contributed by atoms with Crippen LogP contribution >= 0.6 is 0 Å². The number of nitrogens with zero attached hydrogens (tertiary/aromatic N) is 4. The molecule has 0 aliphatic carbocycles. The maximum absolute atomic E-state index is 7.05. The summed E-state index contributed by atoms with van der Waals surface area (Å²) in [4.78, 5) is 9.99. The molecule has 308 valence electrons. The predicted molar refractivity (Wildman–Crippen MR) is 261 cm³/mol. The van der Waals surface area contributed by atoms with Gasteiger partial charge in [0.2, 0.25) is 0 Å². The molecule has 5 heteroatoms. The highest BCUT2D eigenvalue weighted by molar-refractivity contribution is 6.09. The molecule has 0 amide bonds. The lowest BCUT2D eigenvalue weighted by atomic mass is 9.85. The second-order valence-corrected chi connectivity index (χ2v) is 18.3. The summed E-state index contributed by atoms with van der Waals surface area (Å²) in [6.45, 7) is 13.4. The number of benzene rings is 7. The monoisotopic (exact) mass is 818 g/mol. The van der Waals surface area contributed by atoms with Gasteiger partial charge in [0.1, 0.15) is 23.1 Å². The number of aromatic nitrogens is 4. The summed E-state index contributed by atoms with van der Waals surface area (Å²) in [5, 5.41) is 2.28. The molecule has 0 saturated heterocycles. The summed E-state index contributed by atoms with van der Waals surface area (Å²) in [6, 6.07) is 62.4. The van der Waals surface area contributed by atoms with Crippen molar-refractivity contribution in [2.24, 2.45) is 0 Å². The molecule has 3 heterocycles. The summed E-state index contributed by atoms with van der Waals surface area (Å²) >= 11 is 0. The van der Waals surface area contributed by atoms with Crippen LogP contribution < -0.4 is 4.74 Å². The second-order valence-electron chi connectivity index (χ2n) is 18.3. The van der Waals surface area contributed by atoms with Gasteiger partial charge in [-0.3, -0.25) is 9.13 Å². The maximum Gasteiger partial charge on any atom is 0.144 e. The fourth-order valence-electron chi connectivity index (χ4n) is 9.06. The lowest BCUT2D eigenvalue weighted by Gasteiger charge is -2.25. The number of ether oxygens (including phenoxy) is 1. The Kier molecular flexibility index (Phi) is 9.91. The van der Waals surface area contributed by atoms with E-state index < -0.39 is 0 Å². The van der Waals surface area contributed by atoms with Gasteiger partial charge in [-0.05, 0) is 92.2 Å². The average molecular weight is 819 g/mol. The molecule has 0 bridgehead atoms. The van der Waals surface area contributed by atoms with Crippen LogP contribution in [0.3, 0.4) is 0 Å². The highest BCUT2D eigenvalue weighted by Gasteiger charge is 2.24. The van der Waals surface area contributed by atoms with Crippen molar-refractivity contribution in [2.75, 3.05) is 0 Å². The molecule has 0 atom stereocenters. The van der Waals surface area contributed by atoms with Gasteiger partial charge in [-0.1, -0.05) is 169 Å². The van der Waals surface area contributed by atoms with Crippen molar-refractivity contribution in [3.05, 3.63) is 206 Å². The Labute approximate surface area is 370 Å². The molecule has 0 radical (unpaired) electrons. The molecule has 10 rings (SSSR count). The molecule has 0 saturated carbocycles. The van der Waals surface area contributed by atoms with Gasteiger partial charge in [0, 0.05) is 46.6 Å². The third kappa shape index (κ3) is 7.40. The molecule has 7 aromatic carbocycles. The quantitative estimate of drug-likeness (QED) is 0.153. The van der Waals surface area contributed by atoms with E-state index in [9.17, 15) is 0 Å². The van der Waals surface area contributed by atoms with Crippen LogP contribution in [0.2, 0.25) is 0 Å². The molecule has 3 aromatic heterocycles. The van der Waals surface area contributed by atoms with Crippen molar-refractivity contribution in [1.82, 2.24) is 19.1 Å². The first-order chi connectivity index (χ1) is 30.5. The molecular weight excluding hydrogens is 769 g/mol. The van der Waals surface area contributed by atoms with Crippen LogP contribution in [-0.2, 0) is 10.8 Å². The van der Waals surface area contributed by atoms with Crippen molar-refractivity contribution in [3.8, 4) is 67.8 Å². The van der Waals surface area contributed by atoms with Crippen LogP contribution in [-0.4, -0.2) is 19.1 Å². The molecule has 0 aliphatic heterocycles. The van der Waals surface area contributed by atoms with E-state index in [4.69, 9.17) is 14.7 Å². The summed E-state index contributed by atoms with van der Waals surface area (Å²) in [7, 11) is 0. The number of fused-ring (bicyclic) bond motifs is 3. The Morgan fingerprint density at radius 2 is 1.11 bits per heavy atom. The van der Waals surface area contributed by atoms with Gasteiger partial charge in [-0.25, -0.2) is 9.97 Å². The van der Waals surface area contributed by atoms with E-state index in [-0.39, 0.29) is 10.8 Å². The molecule has 0 aliphatic rings. The molecular formula is C58H50N4O. The standard InChI is InChI=1S/C58H50N4O/c1-57(2,3)48-25-14-16-27-51(48)61-35-34-60-56(61)42-28-31-49(58(4,5)6)53(36-42)63-43-29-30-47-46-22-13-15-26-50(46)62(52(47)38-43)54-37-41(32-33-59-54)55-44(39-18-9-7-10-19-39)23-17-24-45(55)40-20-11-8-12-21-40/h7-38H,1-6H3. The SMILES string of the molecule is CC(C)(C)c1ccc(-c2nccn2-c2ccccc2C(C)(C)C)cc1Oc1ccc2c3ccccc3n(-c3cc(-c4c(-c5ccccc5)cccc4-c4ccccc4)ccn3)c2c1. The number of hydrogen-bond acceptors (Lipinski definition) is 3. The first-order valence-electron chi connectivity index (χ1n) is 21.7. The maximum atomic E-state index is 7.05. The highest BCUT2D eigenvalue weighted by Crippen LogP contribution is 2.43. The minimum absolute atomic E-state index is 0.0435. The molecule has 0 fully saturated rings. The molecule has 0 N–H and O–H groups in total. The van der Waals surface area contributed by atoms with Gasteiger partial charge in [0.05, 0.1) is 16.7 Å². The van der Waals surface area contributed by atoms with Crippen LogP contribution in [0.25, 0.3) is 78.1 Å². The van der Waals surface area contributed by atoms with E-state index in [0.29, 0.717) is 0 Å². The smallest absolute Gasteiger partial charge is 0.144 e. The number of imidazole rings is 1. The zero-order chi connectivity index (χ0) is 43.3. The summed E-state index contributed by atoms with van der Waals surface area (Å²) in [5.41, 5.74) is 13.3. The third-order valence-corrected chi connectivity index (χ3v) is 12.0. The number of pyridine rings is 1. The lowest BCUT2D eigenvalue weighted by Crippen LogP contribution is -2.15. The van der Waals surface area contributed by atoms with Gasteiger partial charge in [-0.2, -0.15) is 0 Å². The van der Waals surface area contributed by atoms with Crippen LogP contribution in [0.1, 0.15) is 52.7 Å². The minimum atomic E-state index is -0.180. The predicted octanol–water partition coefficient (Wildman–Crippen LogP) is 15.4. The first kappa shape index (κ1) is 39.6. The fourth-order valence-corrected chi connectivity index (χ4v) is 9.06. The number of hydrogen-bond donors (Lipinski definition) is 0. The Morgan fingerprint density at radius 3 is 1.83 bits per heavy atom. The van der Waals surface area contributed by atoms with Crippen LogP contribution in [0.5, 0.6) is 11.5 Å². The van der Waals surface area contributed by atoms with Crippen molar-refractivity contribution >= 4 is 21.8 Å². The average Bonchev–Trinajstić information content (AvgIpc) is 3.92. The molecule has 0 unspecified atom stereocenters.